The Morgan fingerprint density at radius 3 is 2.86 bits per heavy atom. The molecule has 0 amide bonds. The highest BCUT2D eigenvalue weighted by Crippen LogP contribution is 2.35. The number of nitrogens with zero attached hydrogens (tertiary/aromatic N) is 2. The zero-order valence-corrected chi connectivity index (χ0v) is 11.9. The maximum atomic E-state index is 13.7. The molecule has 0 spiro atoms. The summed E-state index contributed by atoms with van der Waals surface area (Å²) < 4.78 is 24.0. The molecular weight excluding hydrogens is 273 g/mol. The second-order valence-electron chi connectivity index (χ2n) is 5.88. The van der Waals surface area contributed by atoms with Gasteiger partial charge in [-0.25, -0.2) is 4.39 Å². The lowest BCUT2D eigenvalue weighted by Crippen LogP contribution is -2.53. The van der Waals surface area contributed by atoms with Gasteiger partial charge in [0.1, 0.15) is 0 Å². The molecule has 2 aromatic rings. The smallest absolute Gasteiger partial charge is 0.213 e. The number of hydrogen-bond acceptors (Lipinski definition) is 5. The number of nitrogens with one attached hydrogen (secondary N) is 1. The average molecular weight is 291 g/mol. The number of fused-ring (bicyclic) bond motifs is 4. The molecule has 112 valence electrons. The minimum absolute atomic E-state index is 0.113. The third-order valence-electron chi connectivity index (χ3n) is 4.73. The van der Waals surface area contributed by atoms with Gasteiger partial charge in [-0.2, -0.15) is 0 Å². The summed E-state index contributed by atoms with van der Waals surface area (Å²) in [5, 5.41) is 8.32. The largest absolute Gasteiger partial charge is 0.490 e. The zero-order chi connectivity index (χ0) is 14.4. The van der Waals surface area contributed by atoms with E-state index >= 15 is 0 Å². The van der Waals surface area contributed by atoms with Gasteiger partial charge in [-0.05, 0) is 44.0 Å². The molecule has 3 aliphatic rings. The lowest BCUT2D eigenvalue weighted by molar-refractivity contribution is 0.0973. The second-order valence-corrected chi connectivity index (χ2v) is 5.88. The van der Waals surface area contributed by atoms with E-state index in [4.69, 9.17) is 9.26 Å². The molecule has 6 heteroatoms. The molecule has 1 aromatic carbocycles. The summed E-state index contributed by atoms with van der Waals surface area (Å²) in [4.78, 5) is 2.47. The van der Waals surface area contributed by atoms with E-state index in [-0.39, 0.29) is 5.75 Å². The molecule has 3 fully saturated rings. The Labute approximate surface area is 122 Å². The molecule has 3 saturated heterocycles. The summed E-state index contributed by atoms with van der Waals surface area (Å²) in [6.45, 7) is 3.43. The highest BCUT2D eigenvalue weighted by atomic mass is 19.1. The van der Waals surface area contributed by atoms with Gasteiger partial charge in [0, 0.05) is 12.6 Å². The minimum Gasteiger partial charge on any atom is -0.490 e. The van der Waals surface area contributed by atoms with E-state index in [0.717, 1.165) is 11.9 Å². The lowest BCUT2D eigenvalue weighted by atomic mass is 9.84. The highest BCUT2D eigenvalue weighted by Gasteiger charge is 2.34. The van der Waals surface area contributed by atoms with Crippen LogP contribution in [0.1, 0.15) is 12.8 Å². The topological polar surface area (TPSA) is 50.5 Å². The van der Waals surface area contributed by atoms with Crippen LogP contribution in [0.15, 0.2) is 16.7 Å². The van der Waals surface area contributed by atoms with Crippen molar-refractivity contribution in [3.8, 4) is 5.75 Å². The number of halogens is 1. The van der Waals surface area contributed by atoms with Crippen molar-refractivity contribution in [1.82, 2.24) is 10.1 Å². The zero-order valence-electron chi connectivity index (χ0n) is 11.9. The SMILES string of the molecule is COc1c(F)ccc2c(NC3CN4CCC3CC4)noc12. The summed E-state index contributed by atoms with van der Waals surface area (Å²) in [6, 6.07) is 3.46. The van der Waals surface area contributed by atoms with E-state index < -0.39 is 5.82 Å². The van der Waals surface area contributed by atoms with Crippen molar-refractivity contribution < 1.29 is 13.7 Å². The summed E-state index contributed by atoms with van der Waals surface area (Å²) in [6.07, 6.45) is 2.46. The van der Waals surface area contributed by atoms with Crippen LogP contribution >= 0.6 is 0 Å². The first-order valence-corrected chi connectivity index (χ1v) is 7.37. The van der Waals surface area contributed by atoms with E-state index in [9.17, 15) is 4.39 Å². The Hall–Kier alpha value is -1.82. The number of piperidine rings is 3. The third kappa shape index (κ3) is 2.05. The molecule has 5 nitrogen and oxygen atoms in total. The van der Waals surface area contributed by atoms with Crippen molar-refractivity contribution in [3.05, 3.63) is 17.9 Å². The van der Waals surface area contributed by atoms with Gasteiger partial charge in [-0.3, -0.25) is 0 Å². The molecule has 5 rings (SSSR count). The lowest BCUT2D eigenvalue weighted by Gasteiger charge is -2.44. The van der Waals surface area contributed by atoms with Gasteiger partial charge < -0.3 is 19.5 Å². The summed E-state index contributed by atoms with van der Waals surface area (Å²) >= 11 is 0. The molecule has 0 radical (unpaired) electrons. The molecule has 1 N–H and O–H groups in total. The van der Waals surface area contributed by atoms with Crippen LogP contribution in [-0.4, -0.2) is 42.8 Å². The van der Waals surface area contributed by atoms with E-state index in [1.54, 1.807) is 6.07 Å². The van der Waals surface area contributed by atoms with Gasteiger partial charge in [0.2, 0.25) is 11.3 Å². The van der Waals surface area contributed by atoms with Crippen molar-refractivity contribution in [2.75, 3.05) is 32.1 Å². The molecule has 21 heavy (non-hydrogen) atoms. The minimum atomic E-state index is -0.435. The Balaban J connectivity index is 1.65. The predicted octanol–water partition coefficient (Wildman–Crippen LogP) is 2.48. The Bertz CT molecular complexity index is 664. The Morgan fingerprint density at radius 1 is 1.38 bits per heavy atom. The van der Waals surface area contributed by atoms with Crippen molar-refractivity contribution >= 4 is 16.8 Å². The fourth-order valence-corrected chi connectivity index (χ4v) is 3.55. The van der Waals surface area contributed by atoms with Crippen LogP contribution in [0.25, 0.3) is 11.0 Å². The Morgan fingerprint density at radius 2 is 2.19 bits per heavy atom. The van der Waals surface area contributed by atoms with Gasteiger partial charge >= 0.3 is 0 Å². The second kappa shape index (κ2) is 4.87. The molecule has 1 atom stereocenters. The monoisotopic (exact) mass is 291 g/mol. The first-order valence-electron chi connectivity index (χ1n) is 7.37. The van der Waals surface area contributed by atoms with E-state index in [0.29, 0.717) is 23.4 Å². The third-order valence-corrected chi connectivity index (χ3v) is 4.73. The Kier molecular flexibility index (Phi) is 2.99. The van der Waals surface area contributed by atoms with Crippen molar-refractivity contribution in [2.45, 2.75) is 18.9 Å². The summed E-state index contributed by atoms with van der Waals surface area (Å²) in [5.74, 6) is 1.05. The molecule has 0 saturated carbocycles. The number of methoxy groups -OCH3 is 1. The number of rotatable bonds is 3. The van der Waals surface area contributed by atoms with Gasteiger partial charge in [-0.1, -0.05) is 5.16 Å². The van der Waals surface area contributed by atoms with Crippen LogP contribution in [0.2, 0.25) is 0 Å². The van der Waals surface area contributed by atoms with Gasteiger partial charge in [0.05, 0.1) is 12.5 Å². The van der Waals surface area contributed by atoms with Crippen molar-refractivity contribution in [2.24, 2.45) is 5.92 Å². The number of hydrogen-bond donors (Lipinski definition) is 1. The van der Waals surface area contributed by atoms with Crippen LogP contribution < -0.4 is 10.1 Å². The van der Waals surface area contributed by atoms with Crippen LogP contribution in [0.4, 0.5) is 10.2 Å². The van der Waals surface area contributed by atoms with Gasteiger partial charge in [0.15, 0.2) is 11.6 Å². The number of ether oxygens (including phenoxy) is 1. The fourth-order valence-electron chi connectivity index (χ4n) is 3.55. The first kappa shape index (κ1) is 12.9. The standard InChI is InChI=1S/C15H18FN3O2/c1-20-14-11(16)3-2-10-13(14)21-18-15(10)17-12-8-19-6-4-9(12)5-7-19/h2-3,9,12H,4-8H2,1H3,(H,17,18). The number of anilines is 1. The van der Waals surface area contributed by atoms with Gasteiger partial charge in [-0.15, -0.1) is 0 Å². The number of aromatic nitrogens is 1. The van der Waals surface area contributed by atoms with Crippen molar-refractivity contribution in [1.29, 1.82) is 0 Å². The molecule has 4 heterocycles. The molecule has 1 unspecified atom stereocenters. The molecule has 2 bridgehead atoms. The van der Waals surface area contributed by atoms with Crippen LogP contribution in [0, 0.1) is 11.7 Å². The average Bonchev–Trinajstić information content (AvgIpc) is 2.91. The van der Waals surface area contributed by atoms with Crippen LogP contribution in [0.5, 0.6) is 5.75 Å². The summed E-state index contributed by atoms with van der Waals surface area (Å²) in [5.41, 5.74) is 0.362. The number of benzene rings is 1. The molecule has 0 aliphatic carbocycles. The summed E-state index contributed by atoms with van der Waals surface area (Å²) in [7, 11) is 1.43. The molecule has 3 aliphatic heterocycles. The maximum absolute atomic E-state index is 13.7. The van der Waals surface area contributed by atoms with Crippen molar-refractivity contribution in [3.63, 3.8) is 0 Å². The highest BCUT2D eigenvalue weighted by molar-refractivity contribution is 5.92. The first-order chi connectivity index (χ1) is 10.3. The van der Waals surface area contributed by atoms with E-state index in [1.807, 2.05) is 0 Å². The fraction of sp³-hybridized carbons (Fsp3) is 0.533. The van der Waals surface area contributed by atoms with E-state index in [1.165, 1.54) is 39.1 Å². The molecule has 1 aromatic heterocycles. The van der Waals surface area contributed by atoms with E-state index in [2.05, 4.69) is 15.4 Å². The van der Waals surface area contributed by atoms with Gasteiger partial charge in [0.25, 0.3) is 0 Å². The van der Waals surface area contributed by atoms with Crippen LogP contribution in [0.3, 0.4) is 0 Å². The quantitative estimate of drug-likeness (QED) is 0.941. The van der Waals surface area contributed by atoms with Crippen LogP contribution in [-0.2, 0) is 0 Å². The molecular formula is C15H18FN3O2. The normalized spacial score (nSPS) is 28.0. The maximum Gasteiger partial charge on any atom is 0.213 e. The predicted molar refractivity (Wildman–Crippen MR) is 77.1 cm³/mol.